The Kier molecular flexibility index (Phi) is 8.12. The molecule has 0 radical (unpaired) electrons. The molecule has 0 atom stereocenters. The van der Waals surface area contributed by atoms with Crippen LogP contribution in [-0.4, -0.2) is 40.2 Å². The van der Waals surface area contributed by atoms with Gasteiger partial charge in [0.2, 0.25) is 5.69 Å². The van der Waals surface area contributed by atoms with Crippen molar-refractivity contribution >= 4 is 49.4 Å². The van der Waals surface area contributed by atoms with Gasteiger partial charge in [0.25, 0.3) is 21.5 Å². The summed E-state index contributed by atoms with van der Waals surface area (Å²) in [6, 6.07) is 20.1. The summed E-state index contributed by atoms with van der Waals surface area (Å²) in [6.45, 7) is 8.64. The lowest BCUT2D eigenvalue weighted by Gasteiger charge is -2.27. The highest BCUT2D eigenvalue weighted by Gasteiger charge is 2.44. The average molecular weight is 680 g/mol. The molecular formula is C37H35N4O7S+. The van der Waals surface area contributed by atoms with Gasteiger partial charge in [0, 0.05) is 53.2 Å². The van der Waals surface area contributed by atoms with Crippen molar-refractivity contribution in [2.75, 3.05) is 11.9 Å². The number of non-ortho nitro benzene ring substituents is 2. The Bertz CT molecular complexity index is 2290. The predicted octanol–water partition coefficient (Wildman–Crippen LogP) is 7.90. The molecule has 0 bridgehead atoms. The Hall–Kier alpha value is -5.46. The molecular weight excluding hydrogens is 644 g/mol. The molecule has 250 valence electrons. The van der Waals surface area contributed by atoms with Crippen LogP contribution >= 0.6 is 0 Å². The van der Waals surface area contributed by atoms with E-state index in [4.69, 9.17) is 0 Å². The van der Waals surface area contributed by atoms with E-state index in [1.807, 2.05) is 78.7 Å². The van der Waals surface area contributed by atoms with Gasteiger partial charge in [-0.3, -0.25) is 24.8 Å². The Morgan fingerprint density at radius 3 is 2.18 bits per heavy atom. The highest BCUT2D eigenvalue weighted by atomic mass is 32.2. The molecule has 2 aliphatic heterocycles. The summed E-state index contributed by atoms with van der Waals surface area (Å²) >= 11 is 0. The number of fused-ring (bicyclic) bond motifs is 4. The van der Waals surface area contributed by atoms with Crippen LogP contribution in [0.15, 0.2) is 114 Å². The van der Waals surface area contributed by atoms with E-state index < -0.39 is 30.8 Å². The van der Waals surface area contributed by atoms with E-state index in [1.54, 1.807) is 6.07 Å². The Balaban J connectivity index is 1.32. The maximum absolute atomic E-state index is 11.7. The fourth-order valence-electron chi connectivity index (χ4n) is 7.20. The SMILES string of the molecule is C[N+]1=C(C=CC=CC=C2N(Cc3cc([N+](=O)[O-])cc([N+](=O)[O-])c3)c3ccccc3C2(C)C)C(C)(C)c2c1ccc1cc(S(=O)(=O)O)ccc21. The molecule has 4 aromatic rings. The minimum absolute atomic E-state index is 0.147. The molecule has 0 aromatic heterocycles. The Morgan fingerprint density at radius 2 is 1.53 bits per heavy atom. The lowest BCUT2D eigenvalue weighted by Crippen LogP contribution is -2.26. The standard InChI is InChI=1S/C37H34N4O7S/c1-36(2)30-11-9-10-12-31(30)39(23-24-19-26(40(42)43)22-27(20-24)41(44)45)34(36)14-8-6-7-13-33-37(3,4)35-29-17-16-28(49(46,47)48)21-25(29)15-18-32(35)38(33)5/h6-22H,23H2,1-5H3/p+1. The molecule has 0 unspecified atom stereocenters. The summed E-state index contributed by atoms with van der Waals surface area (Å²) in [4.78, 5) is 23.8. The number of nitrogens with zero attached hydrogens (tertiary/aromatic N) is 4. The second-order valence-electron chi connectivity index (χ2n) is 13.3. The molecule has 0 aliphatic carbocycles. The molecule has 1 N–H and O–H groups in total. The number of nitro benzene ring substituents is 2. The third kappa shape index (κ3) is 5.83. The number of hydrogen-bond acceptors (Lipinski definition) is 7. The maximum Gasteiger partial charge on any atom is 0.294 e. The number of hydrogen-bond donors (Lipinski definition) is 1. The number of anilines is 1. The molecule has 2 aliphatic rings. The summed E-state index contributed by atoms with van der Waals surface area (Å²) in [5.41, 5.74) is 4.98. The van der Waals surface area contributed by atoms with E-state index in [2.05, 4.69) is 32.3 Å². The van der Waals surface area contributed by atoms with E-state index in [-0.39, 0.29) is 22.8 Å². The zero-order valence-corrected chi connectivity index (χ0v) is 28.4. The highest BCUT2D eigenvalue weighted by Crippen LogP contribution is 2.48. The largest absolute Gasteiger partial charge is 0.340 e. The molecule has 11 nitrogen and oxygen atoms in total. The van der Waals surface area contributed by atoms with Crippen LogP contribution in [0.1, 0.15) is 44.4 Å². The first-order valence-electron chi connectivity index (χ1n) is 15.5. The minimum atomic E-state index is -4.33. The first-order valence-corrected chi connectivity index (χ1v) is 17.0. The van der Waals surface area contributed by atoms with Crippen molar-refractivity contribution in [3.63, 3.8) is 0 Å². The molecule has 2 heterocycles. The summed E-state index contributed by atoms with van der Waals surface area (Å²) in [5, 5.41) is 24.8. The van der Waals surface area contributed by atoms with Gasteiger partial charge in [-0.2, -0.15) is 13.0 Å². The molecule has 0 fully saturated rings. The molecule has 0 saturated heterocycles. The van der Waals surface area contributed by atoms with Crippen LogP contribution in [0.5, 0.6) is 0 Å². The second kappa shape index (κ2) is 11.9. The molecule has 0 spiro atoms. The second-order valence-corrected chi connectivity index (χ2v) is 14.7. The van der Waals surface area contributed by atoms with Gasteiger partial charge in [0.1, 0.15) is 7.05 Å². The predicted molar refractivity (Wildman–Crippen MR) is 189 cm³/mol. The maximum atomic E-state index is 11.7. The molecule has 0 amide bonds. The van der Waals surface area contributed by atoms with Crippen molar-refractivity contribution in [2.24, 2.45) is 0 Å². The summed E-state index contributed by atoms with van der Waals surface area (Å²) in [7, 11) is -2.33. The van der Waals surface area contributed by atoms with Gasteiger partial charge in [0.05, 0.1) is 26.2 Å². The van der Waals surface area contributed by atoms with Gasteiger partial charge in [0.15, 0.2) is 5.71 Å². The minimum Gasteiger partial charge on any atom is -0.340 e. The van der Waals surface area contributed by atoms with Crippen molar-refractivity contribution in [2.45, 2.75) is 50.0 Å². The fourth-order valence-corrected chi connectivity index (χ4v) is 7.72. The van der Waals surface area contributed by atoms with Crippen LogP contribution in [-0.2, 0) is 27.5 Å². The third-order valence-corrected chi connectivity index (χ3v) is 10.4. The van der Waals surface area contributed by atoms with Gasteiger partial charge in [-0.05, 0) is 66.1 Å². The lowest BCUT2D eigenvalue weighted by atomic mass is 9.79. The van der Waals surface area contributed by atoms with E-state index in [9.17, 15) is 33.2 Å². The normalized spacial score (nSPS) is 17.4. The van der Waals surface area contributed by atoms with Crippen LogP contribution in [0.3, 0.4) is 0 Å². The molecule has 4 aromatic carbocycles. The van der Waals surface area contributed by atoms with Crippen LogP contribution < -0.4 is 4.90 Å². The van der Waals surface area contributed by atoms with Crippen molar-refractivity contribution in [1.29, 1.82) is 0 Å². The van der Waals surface area contributed by atoms with Crippen LogP contribution in [0.25, 0.3) is 10.8 Å². The van der Waals surface area contributed by atoms with Gasteiger partial charge >= 0.3 is 0 Å². The number of allylic oxidation sites excluding steroid dienone is 6. The zero-order chi connectivity index (χ0) is 35.5. The Labute approximate surface area is 283 Å². The molecule has 0 saturated carbocycles. The first-order chi connectivity index (χ1) is 23.0. The van der Waals surface area contributed by atoms with E-state index in [0.29, 0.717) is 5.56 Å². The van der Waals surface area contributed by atoms with E-state index >= 15 is 0 Å². The van der Waals surface area contributed by atoms with E-state index in [0.717, 1.165) is 50.7 Å². The van der Waals surface area contributed by atoms with Crippen molar-refractivity contribution in [3.8, 4) is 0 Å². The Morgan fingerprint density at radius 1 is 0.857 bits per heavy atom. The molecule has 49 heavy (non-hydrogen) atoms. The van der Waals surface area contributed by atoms with Gasteiger partial charge in [-0.1, -0.05) is 56.3 Å². The number of benzene rings is 4. The van der Waals surface area contributed by atoms with Crippen molar-refractivity contribution in [3.05, 3.63) is 146 Å². The summed E-state index contributed by atoms with van der Waals surface area (Å²) < 4.78 is 35.1. The monoisotopic (exact) mass is 679 g/mol. The summed E-state index contributed by atoms with van der Waals surface area (Å²) in [5.74, 6) is 0. The van der Waals surface area contributed by atoms with Gasteiger partial charge in [-0.25, -0.2) is 0 Å². The van der Waals surface area contributed by atoms with Gasteiger partial charge < -0.3 is 4.90 Å². The fraction of sp³-hybridized carbons (Fsp3) is 0.216. The van der Waals surface area contributed by atoms with Crippen molar-refractivity contribution in [1.82, 2.24) is 0 Å². The zero-order valence-electron chi connectivity index (χ0n) is 27.6. The molecule has 12 heteroatoms. The number of para-hydroxylation sites is 1. The quantitative estimate of drug-likeness (QED) is 0.0650. The smallest absolute Gasteiger partial charge is 0.294 e. The molecule has 6 rings (SSSR count). The van der Waals surface area contributed by atoms with E-state index in [1.165, 1.54) is 24.3 Å². The first kappa shape index (κ1) is 33.4. The topological polar surface area (TPSA) is 147 Å². The summed E-state index contributed by atoms with van der Waals surface area (Å²) in [6.07, 6.45) is 9.86. The van der Waals surface area contributed by atoms with Crippen molar-refractivity contribution < 1.29 is 27.4 Å². The van der Waals surface area contributed by atoms with Crippen LogP contribution in [0.2, 0.25) is 0 Å². The van der Waals surface area contributed by atoms with Crippen LogP contribution in [0.4, 0.5) is 22.7 Å². The van der Waals surface area contributed by atoms with Crippen LogP contribution in [0, 0.1) is 20.2 Å². The number of rotatable bonds is 8. The lowest BCUT2D eigenvalue weighted by molar-refractivity contribution is -0.401. The third-order valence-electron chi connectivity index (χ3n) is 9.51. The number of nitro groups is 2. The average Bonchev–Trinajstić information content (AvgIpc) is 3.37. The highest BCUT2D eigenvalue weighted by molar-refractivity contribution is 7.85. The van der Waals surface area contributed by atoms with Gasteiger partial charge in [-0.15, -0.1) is 0 Å².